The molecule has 2 aliphatic heterocycles. The number of amides is 1. The second-order valence-corrected chi connectivity index (χ2v) is 7.15. The minimum absolute atomic E-state index is 0.0597. The molecule has 0 unspecified atom stereocenters. The van der Waals surface area contributed by atoms with Crippen LogP contribution in [-0.2, 0) is 16.0 Å². The molecule has 0 bridgehead atoms. The maximum atomic E-state index is 12.7. The fraction of sp³-hybridized carbons (Fsp3) is 0.562. The standard InChI is InChI=1S/C16H20N4O3S/c21-15(13-2-6-24-8-13)19-4-5-22-10-16(9-19)3-1-14(23-16)7-20-12-17-11-18-20/h2,6,8,11-12,14H,1,3-5,7,9-10H2/t14-,16+/m0/s1. The highest BCUT2D eigenvalue weighted by atomic mass is 32.1. The quantitative estimate of drug-likeness (QED) is 0.839. The molecule has 0 aromatic carbocycles. The first-order chi connectivity index (χ1) is 11.7. The van der Waals surface area contributed by atoms with Crippen LogP contribution in [0.1, 0.15) is 23.2 Å². The van der Waals surface area contributed by atoms with Crippen molar-refractivity contribution in [2.75, 3.05) is 26.3 Å². The van der Waals surface area contributed by atoms with Gasteiger partial charge in [-0.15, -0.1) is 0 Å². The molecule has 2 fully saturated rings. The number of carbonyl (C=O) groups excluding carboxylic acids is 1. The zero-order valence-corrected chi connectivity index (χ0v) is 14.2. The Bertz CT molecular complexity index is 676. The monoisotopic (exact) mass is 348 g/mol. The molecule has 1 spiro atoms. The van der Waals surface area contributed by atoms with Crippen molar-refractivity contribution in [1.82, 2.24) is 19.7 Å². The van der Waals surface area contributed by atoms with Gasteiger partial charge in [0.05, 0.1) is 38.0 Å². The third kappa shape index (κ3) is 3.22. The number of carbonyl (C=O) groups is 1. The Balaban J connectivity index is 1.45. The van der Waals surface area contributed by atoms with E-state index in [4.69, 9.17) is 9.47 Å². The number of thiophene rings is 1. The van der Waals surface area contributed by atoms with E-state index in [1.807, 2.05) is 21.7 Å². The SMILES string of the molecule is O=C(c1ccsc1)N1CCOC[C@@]2(CC[C@@H](Cn3cncn3)O2)C1. The molecule has 24 heavy (non-hydrogen) atoms. The molecule has 2 aromatic rings. The summed E-state index contributed by atoms with van der Waals surface area (Å²) >= 11 is 1.54. The lowest BCUT2D eigenvalue weighted by Gasteiger charge is -2.31. The predicted octanol–water partition coefficient (Wildman–Crippen LogP) is 1.43. The molecule has 1 amide bonds. The zero-order valence-electron chi connectivity index (χ0n) is 13.3. The normalized spacial score (nSPS) is 27.5. The van der Waals surface area contributed by atoms with E-state index in [-0.39, 0.29) is 12.0 Å². The summed E-state index contributed by atoms with van der Waals surface area (Å²) in [7, 11) is 0. The van der Waals surface area contributed by atoms with Crippen LogP contribution in [-0.4, -0.2) is 63.6 Å². The number of hydrogen-bond donors (Lipinski definition) is 0. The third-order valence-corrected chi connectivity index (χ3v) is 5.28. The van der Waals surface area contributed by atoms with Crippen molar-refractivity contribution in [3.05, 3.63) is 35.0 Å². The first-order valence-corrected chi connectivity index (χ1v) is 9.08. The van der Waals surface area contributed by atoms with E-state index in [0.717, 1.165) is 18.4 Å². The highest BCUT2D eigenvalue weighted by Crippen LogP contribution is 2.34. The van der Waals surface area contributed by atoms with Crippen LogP contribution in [0.5, 0.6) is 0 Å². The van der Waals surface area contributed by atoms with Crippen molar-refractivity contribution in [3.8, 4) is 0 Å². The van der Waals surface area contributed by atoms with Crippen LogP contribution in [0.25, 0.3) is 0 Å². The van der Waals surface area contributed by atoms with Crippen molar-refractivity contribution in [3.63, 3.8) is 0 Å². The van der Waals surface area contributed by atoms with Gasteiger partial charge in [-0.05, 0) is 24.3 Å². The second-order valence-electron chi connectivity index (χ2n) is 6.37. The van der Waals surface area contributed by atoms with E-state index in [2.05, 4.69) is 10.1 Å². The van der Waals surface area contributed by atoms with E-state index in [1.165, 1.54) is 17.7 Å². The molecule has 2 atom stereocenters. The molecule has 2 aliphatic rings. The molecule has 2 saturated heterocycles. The fourth-order valence-electron chi connectivity index (χ4n) is 3.43. The van der Waals surface area contributed by atoms with Gasteiger partial charge in [0.1, 0.15) is 18.3 Å². The lowest BCUT2D eigenvalue weighted by molar-refractivity contribution is -0.0881. The Kier molecular flexibility index (Phi) is 4.34. The highest BCUT2D eigenvalue weighted by Gasteiger charge is 2.44. The molecule has 0 radical (unpaired) electrons. The Hall–Kier alpha value is -1.77. The van der Waals surface area contributed by atoms with Crippen LogP contribution in [0.15, 0.2) is 29.5 Å². The van der Waals surface area contributed by atoms with Crippen molar-refractivity contribution in [2.24, 2.45) is 0 Å². The van der Waals surface area contributed by atoms with Crippen molar-refractivity contribution < 1.29 is 14.3 Å². The summed E-state index contributed by atoms with van der Waals surface area (Å²) < 4.78 is 13.9. The van der Waals surface area contributed by atoms with Gasteiger partial charge in [-0.25, -0.2) is 4.98 Å². The van der Waals surface area contributed by atoms with Crippen LogP contribution in [0.3, 0.4) is 0 Å². The van der Waals surface area contributed by atoms with Crippen LogP contribution >= 0.6 is 11.3 Å². The maximum Gasteiger partial charge on any atom is 0.254 e. The number of rotatable bonds is 3. The summed E-state index contributed by atoms with van der Waals surface area (Å²) in [6, 6.07) is 1.87. The largest absolute Gasteiger partial charge is 0.377 e. The first-order valence-electron chi connectivity index (χ1n) is 8.14. The predicted molar refractivity (Wildman–Crippen MR) is 87.9 cm³/mol. The fourth-order valence-corrected chi connectivity index (χ4v) is 4.06. The van der Waals surface area contributed by atoms with Gasteiger partial charge in [0.2, 0.25) is 0 Å². The van der Waals surface area contributed by atoms with Gasteiger partial charge < -0.3 is 14.4 Å². The Morgan fingerprint density at radius 2 is 2.46 bits per heavy atom. The first kappa shape index (κ1) is 15.7. The summed E-state index contributed by atoms with van der Waals surface area (Å²) in [6.45, 7) is 2.95. The average molecular weight is 348 g/mol. The molecule has 128 valence electrons. The number of ether oxygens (including phenoxy) is 2. The minimum atomic E-state index is -0.409. The summed E-state index contributed by atoms with van der Waals surface area (Å²) in [4.78, 5) is 18.5. The third-order valence-electron chi connectivity index (χ3n) is 4.60. The van der Waals surface area contributed by atoms with E-state index < -0.39 is 5.60 Å². The van der Waals surface area contributed by atoms with Crippen LogP contribution in [0.4, 0.5) is 0 Å². The highest BCUT2D eigenvalue weighted by molar-refractivity contribution is 7.08. The summed E-state index contributed by atoms with van der Waals surface area (Å²) in [5.41, 5.74) is 0.335. The van der Waals surface area contributed by atoms with E-state index >= 15 is 0 Å². The van der Waals surface area contributed by atoms with Crippen LogP contribution < -0.4 is 0 Å². The van der Waals surface area contributed by atoms with Gasteiger partial charge in [-0.2, -0.15) is 16.4 Å². The van der Waals surface area contributed by atoms with Gasteiger partial charge in [0.25, 0.3) is 5.91 Å². The van der Waals surface area contributed by atoms with Gasteiger partial charge >= 0.3 is 0 Å². The molecular formula is C16H20N4O3S. The molecule has 2 aromatic heterocycles. The molecule has 7 nitrogen and oxygen atoms in total. The summed E-state index contributed by atoms with van der Waals surface area (Å²) in [6.07, 6.45) is 5.13. The molecular weight excluding hydrogens is 328 g/mol. The maximum absolute atomic E-state index is 12.7. The Morgan fingerprint density at radius 3 is 3.25 bits per heavy atom. The van der Waals surface area contributed by atoms with Crippen molar-refractivity contribution in [2.45, 2.75) is 31.1 Å². The molecule has 4 heterocycles. The molecule has 0 N–H and O–H groups in total. The number of nitrogens with zero attached hydrogens (tertiary/aromatic N) is 4. The molecule has 4 rings (SSSR count). The lowest BCUT2D eigenvalue weighted by Crippen LogP contribution is -2.46. The van der Waals surface area contributed by atoms with Gasteiger partial charge in [-0.3, -0.25) is 9.48 Å². The topological polar surface area (TPSA) is 69.5 Å². The summed E-state index contributed by atoms with van der Waals surface area (Å²) in [5.74, 6) is 0.0597. The molecule has 8 heteroatoms. The van der Waals surface area contributed by atoms with E-state index in [1.54, 1.807) is 11.0 Å². The number of aromatic nitrogens is 3. The molecule has 0 saturated carbocycles. The van der Waals surface area contributed by atoms with Gasteiger partial charge in [0.15, 0.2) is 0 Å². The second kappa shape index (κ2) is 6.62. The zero-order chi connectivity index (χ0) is 16.4. The number of hydrogen-bond acceptors (Lipinski definition) is 6. The van der Waals surface area contributed by atoms with Gasteiger partial charge in [-0.1, -0.05) is 0 Å². The van der Waals surface area contributed by atoms with Crippen molar-refractivity contribution >= 4 is 17.2 Å². The average Bonchev–Trinajstić information content (AvgIpc) is 3.30. The smallest absolute Gasteiger partial charge is 0.254 e. The van der Waals surface area contributed by atoms with Gasteiger partial charge in [0, 0.05) is 11.9 Å². The van der Waals surface area contributed by atoms with E-state index in [9.17, 15) is 4.79 Å². The van der Waals surface area contributed by atoms with Crippen LogP contribution in [0, 0.1) is 0 Å². The lowest BCUT2D eigenvalue weighted by atomic mass is 10.00. The minimum Gasteiger partial charge on any atom is -0.377 e. The Morgan fingerprint density at radius 1 is 1.50 bits per heavy atom. The Labute approximate surface area is 144 Å². The molecule has 0 aliphatic carbocycles. The van der Waals surface area contributed by atoms with Crippen molar-refractivity contribution in [1.29, 1.82) is 0 Å². The van der Waals surface area contributed by atoms with Crippen LogP contribution in [0.2, 0.25) is 0 Å². The summed E-state index contributed by atoms with van der Waals surface area (Å²) in [5, 5.41) is 7.96. The van der Waals surface area contributed by atoms with E-state index in [0.29, 0.717) is 32.8 Å².